The Kier molecular flexibility index (Phi) is 4.52. The van der Waals surface area contributed by atoms with Crippen molar-refractivity contribution in [3.8, 4) is 6.07 Å². The van der Waals surface area contributed by atoms with Crippen LogP contribution in [0.1, 0.15) is 41.5 Å². The van der Waals surface area contributed by atoms with E-state index in [1.165, 1.54) is 6.33 Å². The van der Waals surface area contributed by atoms with E-state index in [9.17, 15) is 10.1 Å². The maximum Gasteiger partial charge on any atom is 0.256 e. The van der Waals surface area contributed by atoms with Crippen molar-refractivity contribution >= 4 is 17.4 Å². The summed E-state index contributed by atoms with van der Waals surface area (Å²) in [6, 6.07) is 12.9. The summed E-state index contributed by atoms with van der Waals surface area (Å²) in [5.74, 6) is 0.353. The van der Waals surface area contributed by atoms with Crippen molar-refractivity contribution in [1.82, 2.24) is 14.4 Å². The fourth-order valence-electron chi connectivity index (χ4n) is 2.46. The van der Waals surface area contributed by atoms with E-state index in [0.29, 0.717) is 17.0 Å². The second-order valence-corrected chi connectivity index (χ2v) is 5.46. The van der Waals surface area contributed by atoms with Crippen molar-refractivity contribution in [3.63, 3.8) is 0 Å². The van der Waals surface area contributed by atoms with Crippen LogP contribution in [0.4, 0.5) is 5.82 Å². The maximum atomic E-state index is 12.4. The minimum atomic E-state index is -0.211. The van der Waals surface area contributed by atoms with Crippen LogP contribution in [0.3, 0.4) is 0 Å². The van der Waals surface area contributed by atoms with Crippen molar-refractivity contribution in [3.05, 3.63) is 59.7 Å². The smallest absolute Gasteiger partial charge is 0.256 e. The summed E-state index contributed by atoms with van der Waals surface area (Å²) in [5, 5.41) is 12.1. The molecule has 6 nitrogen and oxygen atoms in total. The Balaban J connectivity index is 2.00. The van der Waals surface area contributed by atoms with Crippen LogP contribution in [0.25, 0.3) is 5.65 Å². The molecule has 0 unspecified atom stereocenters. The predicted octanol–water partition coefficient (Wildman–Crippen LogP) is 3.20. The Morgan fingerprint density at radius 3 is 2.83 bits per heavy atom. The minimum absolute atomic E-state index is 0.211. The topological polar surface area (TPSA) is 83.1 Å². The van der Waals surface area contributed by atoms with Crippen LogP contribution < -0.4 is 5.32 Å². The zero-order chi connectivity index (χ0) is 16.9. The highest BCUT2D eigenvalue weighted by atomic mass is 16.1. The highest BCUT2D eigenvalue weighted by Gasteiger charge is 2.14. The number of nitrogens with zero attached hydrogens (tertiary/aromatic N) is 4. The molecule has 0 aliphatic rings. The summed E-state index contributed by atoms with van der Waals surface area (Å²) >= 11 is 0. The molecule has 24 heavy (non-hydrogen) atoms. The number of unbranched alkanes of at least 4 members (excludes halogenated alkanes) is 1. The molecule has 3 aromatic rings. The van der Waals surface area contributed by atoms with Crippen LogP contribution in [-0.4, -0.2) is 20.3 Å². The highest BCUT2D eigenvalue weighted by molar-refractivity contribution is 6.03. The SMILES string of the molecule is CCCCc1cc(NC(=O)c2ccccc2)n2cnc(C#N)c2n1. The van der Waals surface area contributed by atoms with E-state index in [0.717, 1.165) is 25.0 Å². The first-order valence-electron chi connectivity index (χ1n) is 7.86. The number of nitrogens with one attached hydrogen (secondary N) is 1. The van der Waals surface area contributed by atoms with Gasteiger partial charge in [-0.15, -0.1) is 0 Å². The molecule has 0 aliphatic carbocycles. The lowest BCUT2D eigenvalue weighted by atomic mass is 10.2. The van der Waals surface area contributed by atoms with Gasteiger partial charge in [0.25, 0.3) is 5.91 Å². The molecule has 1 amide bonds. The lowest BCUT2D eigenvalue weighted by molar-refractivity contribution is 0.102. The highest BCUT2D eigenvalue weighted by Crippen LogP contribution is 2.18. The summed E-state index contributed by atoms with van der Waals surface area (Å²) in [4.78, 5) is 21.0. The van der Waals surface area contributed by atoms with Crippen LogP contribution in [0, 0.1) is 11.3 Å². The second-order valence-electron chi connectivity index (χ2n) is 5.46. The Morgan fingerprint density at radius 2 is 2.12 bits per heavy atom. The molecule has 2 heterocycles. The molecule has 1 N–H and O–H groups in total. The summed E-state index contributed by atoms with van der Waals surface area (Å²) in [6.45, 7) is 2.11. The number of benzene rings is 1. The molecule has 0 radical (unpaired) electrons. The number of hydrogen-bond acceptors (Lipinski definition) is 4. The van der Waals surface area contributed by atoms with Gasteiger partial charge in [-0.1, -0.05) is 31.5 Å². The van der Waals surface area contributed by atoms with Crippen molar-refractivity contribution in [1.29, 1.82) is 5.26 Å². The first-order valence-corrected chi connectivity index (χ1v) is 7.86. The molecular weight excluding hydrogens is 302 g/mol. The second kappa shape index (κ2) is 6.92. The number of carbonyl (C=O) groups is 1. The number of fused-ring (bicyclic) bond motifs is 1. The third-order valence-electron chi connectivity index (χ3n) is 3.72. The third-order valence-corrected chi connectivity index (χ3v) is 3.72. The van der Waals surface area contributed by atoms with Crippen LogP contribution in [0.15, 0.2) is 42.7 Å². The quantitative estimate of drug-likeness (QED) is 0.783. The van der Waals surface area contributed by atoms with Crippen LogP contribution >= 0.6 is 0 Å². The molecule has 120 valence electrons. The average Bonchev–Trinajstić information content (AvgIpc) is 3.04. The standard InChI is InChI=1S/C18H17N5O/c1-2-3-9-14-10-16(22-18(24)13-7-5-4-6-8-13)23-12-20-15(11-19)17(23)21-14/h4-8,10,12H,2-3,9H2,1H3,(H,22,24). The summed E-state index contributed by atoms with van der Waals surface area (Å²) in [5.41, 5.74) is 2.13. The van der Waals surface area contributed by atoms with E-state index in [-0.39, 0.29) is 11.6 Å². The molecule has 0 aliphatic heterocycles. The Labute approximate surface area is 139 Å². The molecule has 0 bridgehead atoms. The fraction of sp³-hybridized carbons (Fsp3) is 0.222. The first kappa shape index (κ1) is 15.7. The molecule has 6 heteroatoms. The van der Waals surface area contributed by atoms with Gasteiger partial charge < -0.3 is 5.32 Å². The van der Waals surface area contributed by atoms with Gasteiger partial charge in [0, 0.05) is 17.3 Å². The van der Waals surface area contributed by atoms with Crippen LogP contribution in [0.5, 0.6) is 0 Å². The zero-order valence-electron chi connectivity index (χ0n) is 13.4. The van der Waals surface area contributed by atoms with E-state index >= 15 is 0 Å². The van der Waals surface area contributed by atoms with Gasteiger partial charge in [0.15, 0.2) is 11.3 Å². The summed E-state index contributed by atoms with van der Waals surface area (Å²) in [7, 11) is 0. The van der Waals surface area contributed by atoms with E-state index in [1.54, 1.807) is 16.5 Å². The number of nitriles is 1. The number of rotatable bonds is 5. The number of aromatic nitrogens is 3. The van der Waals surface area contributed by atoms with E-state index < -0.39 is 0 Å². The van der Waals surface area contributed by atoms with Gasteiger partial charge in [0.2, 0.25) is 0 Å². The van der Waals surface area contributed by atoms with Crippen molar-refractivity contribution in [2.24, 2.45) is 0 Å². The molecule has 3 rings (SSSR count). The van der Waals surface area contributed by atoms with Gasteiger partial charge in [-0.2, -0.15) is 5.26 Å². The van der Waals surface area contributed by atoms with Crippen LogP contribution in [-0.2, 0) is 6.42 Å². The number of hydrogen-bond donors (Lipinski definition) is 1. The Bertz CT molecular complexity index is 908. The lowest BCUT2D eigenvalue weighted by Gasteiger charge is -2.10. The van der Waals surface area contributed by atoms with Gasteiger partial charge in [0.1, 0.15) is 18.2 Å². The Hall–Kier alpha value is -3.20. The molecule has 0 saturated carbocycles. The number of anilines is 1. The number of amides is 1. The van der Waals surface area contributed by atoms with Gasteiger partial charge in [-0.3, -0.25) is 9.20 Å². The first-order chi connectivity index (χ1) is 11.7. The average molecular weight is 319 g/mol. The molecular formula is C18H17N5O. The fourth-order valence-corrected chi connectivity index (χ4v) is 2.46. The number of aryl methyl sites for hydroxylation is 1. The molecule has 0 saturated heterocycles. The van der Waals surface area contributed by atoms with Crippen molar-refractivity contribution < 1.29 is 4.79 Å². The van der Waals surface area contributed by atoms with Gasteiger partial charge in [0.05, 0.1) is 0 Å². The zero-order valence-corrected chi connectivity index (χ0v) is 13.4. The number of imidazole rings is 1. The summed E-state index contributed by atoms with van der Waals surface area (Å²) < 4.78 is 1.63. The van der Waals surface area contributed by atoms with Crippen LogP contribution in [0.2, 0.25) is 0 Å². The van der Waals surface area contributed by atoms with E-state index in [4.69, 9.17) is 0 Å². The van der Waals surface area contributed by atoms with E-state index in [1.807, 2.05) is 30.3 Å². The van der Waals surface area contributed by atoms with Crippen molar-refractivity contribution in [2.45, 2.75) is 26.2 Å². The largest absolute Gasteiger partial charge is 0.308 e. The predicted molar refractivity (Wildman–Crippen MR) is 90.7 cm³/mol. The van der Waals surface area contributed by atoms with Gasteiger partial charge in [-0.05, 0) is 25.0 Å². The maximum absolute atomic E-state index is 12.4. The Morgan fingerprint density at radius 1 is 1.33 bits per heavy atom. The summed E-state index contributed by atoms with van der Waals surface area (Å²) in [6.07, 6.45) is 4.33. The molecule has 1 aromatic carbocycles. The van der Waals surface area contributed by atoms with Gasteiger partial charge in [-0.25, -0.2) is 9.97 Å². The molecule has 0 fully saturated rings. The molecule has 2 aromatic heterocycles. The number of carbonyl (C=O) groups excluding carboxylic acids is 1. The minimum Gasteiger partial charge on any atom is -0.308 e. The van der Waals surface area contributed by atoms with Gasteiger partial charge >= 0.3 is 0 Å². The molecule has 0 atom stereocenters. The third kappa shape index (κ3) is 3.10. The lowest BCUT2D eigenvalue weighted by Crippen LogP contribution is -2.15. The monoisotopic (exact) mass is 319 g/mol. The van der Waals surface area contributed by atoms with Crippen molar-refractivity contribution in [2.75, 3.05) is 5.32 Å². The molecule has 0 spiro atoms. The normalized spacial score (nSPS) is 10.5. The van der Waals surface area contributed by atoms with E-state index in [2.05, 4.69) is 22.2 Å².